The lowest BCUT2D eigenvalue weighted by Gasteiger charge is -2.19. The summed E-state index contributed by atoms with van der Waals surface area (Å²) in [5.41, 5.74) is -0.456. The van der Waals surface area contributed by atoms with Crippen molar-refractivity contribution < 1.29 is 17.2 Å². The van der Waals surface area contributed by atoms with Crippen LogP contribution < -0.4 is 4.90 Å². The van der Waals surface area contributed by atoms with Gasteiger partial charge in [-0.25, -0.2) is 17.2 Å². The molecule has 4 nitrogen and oxygen atoms in total. The van der Waals surface area contributed by atoms with Gasteiger partial charge in [-0.15, -0.1) is 0 Å². The highest BCUT2D eigenvalue weighted by atomic mass is 32.2. The normalized spacial score (nSPS) is 11.1. The van der Waals surface area contributed by atoms with Crippen LogP contribution in [0.25, 0.3) is 0 Å². The number of nitrogens with zero attached hydrogens (tertiary/aromatic N) is 2. The Morgan fingerprint density at radius 3 is 2.44 bits per heavy atom. The molecule has 18 heavy (non-hydrogen) atoms. The van der Waals surface area contributed by atoms with Gasteiger partial charge in [-0.05, 0) is 12.1 Å². The second kappa shape index (κ2) is 5.31. The lowest BCUT2D eigenvalue weighted by molar-refractivity contribution is 0.505. The lowest BCUT2D eigenvalue weighted by Crippen LogP contribution is -2.26. The van der Waals surface area contributed by atoms with Crippen LogP contribution in [-0.2, 0) is 9.84 Å². The van der Waals surface area contributed by atoms with Crippen molar-refractivity contribution in [2.75, 3.05) is 30.5 Å². The summed E-state index contributed by atoms with van der Waals surface area (Å²) in [6, 6.07) is 3.94. The van der Waals surface area contributed by atoms with E-state index in [-0.39, 0.29) is 23.5 Å². The topological polar surface area (TPSA) is 61.2 Å². The summed E-state index contributed by atoms with van der Waals surface area (Å²) in [6.07, 6.45) is 1.07. The Labute approximate surface area is 104 Å². The van der Waals surface area contributed by atoms with Gasteiger partial charge in [-0.1, -0.05) is 0 Å². The molecule has 0 aromatic heterocycles. The minimum absolute atomic E-state index is 0.0428. The van der Waals surface area contributed by atoms with Gasteiger partial charge >= 0.3 is 0 Å². The number of hydrogen-bond acceptors (Lipinski definition) is 4. The summed E-state index contributed by atoms with van der Waals surface area (Å²) < 4.78 is 48.9. The van der Waals surface area contributed by atoms with Gasteiger partial charge in [0.05, 0.1) is 17.0 Å². The van der Waals surface area contributed by atoms with Crippen molar-refractivity contribution in [2.45, 2.75) is 0 Å². The molecule has 7 heteroatoms. The zero-order chi connectivity index (χ0) is 13.9. The molecule has 0 saturated carbocycles. The molecule has 0 atom stereocenters. The van der Waals surface area contributed by atoms with Crippen LogP contribution in [0.5, 0.6) is 0 Å². The van der Waals surface area contributed by atoms with Crippen molar-refractivity contribution in [2.24, 2.45) is 0 Å². The Hall–Kier alpha value is -1.68. The van der Waals surface area contributed by atoms with Crippen LogP contribution in [0.2, 0.25) is 0 Å². The average Bonchev–Trinajstić information content (AvgIpc) is 2.28. The summed E-state index contributed by atoms with van der Waals surface area (Å²) >= 11 is 0. The van der Waals surface area contributed by atoms with E-state index < -0.39 is 21.5 Å². The number of benzene rings is 1. The summed E-state index contributed by atoms with van der Waals surface area (Å²) in [5, 5.41) is 8.53. The maximum absolute atomic E-state index is 13.6. The van der Waals surface area contributed by atoms with Gasteiger partial charge in [0.1, 0.15) is 15.9 Å². The Kier molecular flexibility index (Phi) is 4.24. The van der Waals surface area contributed by atoms with E-state index in [9.17, 15) is 17.2 Å². The fraction of sp³-hybridized carbons (Fsp3) is 0.364. The fourth-order valence-electron chi connectivity index (χ4n) is 1.34. The van der Waals surface area contributed by atoms with E-state index in [1.807, 2.05) is 0 Å². The highest BCUT2D eigenvalue weighted by Crippen LogP contribution is 2.22. The van der Waals surface area contributed by atoms with Crippen LogP contribution in [0, 0.1) is 23.0 Å². The molecule has 0 heterocycles. The molecule has 1 rings (SSSR count). The molecule has 0 saturated heterocycles. The Balaban J connectivity index is 2.98. The van der Waals surface area contributed by atoms with E-state index in [0.717, 1.165) is 12.3 Å². The van der Waals surface area contributed by atoms with Gasteiger partial charge < -0.3 is 4.90 Å². The van der Waals surface area contributed by atoms with Crippen molar-refractivity contribution >= 4 is 15.5 Å². The number of halogens is 2. The molecule has 1 aromatic carbocycles. The van der Waals surface area contributed by atoms with E-state index in [0.29, 0.717) is 0 Å². The molecule has 0 amide bonds. The minimum Gasteiger partial charge on any atom is -0.371 e. The zero-order valence-corrected chi connectivity index (χ0v) is 10.8. The molecule has 98 valence electrons. The SMILES string of the molecule is CN(CCS(C)(=O)=O)c1ccc(C#N)c(F)c1F. The van der Waals surface area contributed by atoms with Gasteiger partial charge in [0.15, 0.2) is 11.6 Å². The van der Waals surface area contributed by atoms with Crippen molar-refractivity contribution in [1.82, 2.24) is 0 Å². The molecule has 0 aliphatic heterocycles. The van der Waals surface area contributed by atoms with E-state index in [1.54, 1.807) is 0 Å². The summed E-state index contributed by atoms with van der Waals surface area (Å²) in [6.45, 7) is 0.0428. The van der Waals surface area contributed by atoms with Crippen LogP contribution >= 0.6 is 0 Å². The highest BCUT2D eigenvalue weighted by Gasteiger charge is 2.16. The number of nitriles is 1. The second-order valence-corrected chi connectivity index (χ2v) is 6.18. The van der Waals surface area contributed by atoms with Gasteiger partial charge in [0, 0.05) is 19.8 Å². The molecule has 1 aromatic rings. The summed E-state index contributed by atoms with van der Waals surface area (Å²) in [4.78, 5) is 1.29. The Morgan fingerprint density at radius 2 is 1.94 bits per heavy atom. The van der Waals surface area contributed by atoms with E-state index >= 15 is 0 Å². The largest absolute Gasteiger partial charge is 0.371 e. The van der Waals surface area contributed by atoms with Crippen molar-refractivity contribution in [3.63, 3.8) is 0 Å². The zero-order valence-electron chi connectivity index (χ0n) is 9.94. The van der Waals surface area contributed by atoms with Crippen molar-refractivity contribution in [3.05, 3.63) is 29.3 Å². The Bertz CT molecular complexity index is 594. The number of rotatable bonds is 4. The first-order valence-corrected chi connectivity index (χ1v) is 7.09. The van der Waals surface area contributed by atoms with Crippen LogP contribution in [0.1, 0.15) is 5.56 Å². The van der Waals surface area contributed by atoms with Crippen LogP contribution in [-0.4, -0.2) is 34.0 Å². The molecular formula is C11H12F2N2O2S. The molecule has 0 spiro atoms. The molecular weight excluding hydrogens is 262 g/mol. The van der Waals surface area contributed by atoms with Gasteiger partial charge in [0.25, 0.3) is 0 Å². The standard InChI is InChI=1S/C11H12F2N2O2S/c1-15(5-6-18(2,16)17)9-4-3-8(7-14)10(12)11(9)13/h3-4H,5-6H2,1-2H3. The first kappa shape index (κ1) is 14.4. The predicted octanol–water partition coefficient (Wildman–Crippen LogP) is 1.32. The lowest BCUT2D eigenvalue weighted by atomic mass is 10.2. The van der Waals surface area contributed by atoms with E-state index in [1.165, 1.54) is 24.1 Å². The molecule has 0 radical (unpaired) electrons. The molecule has 0 aliphatic rings. The molecule has 0 aliphatic carbocycles. The predicted molar refractivity (Wildman–Crippen MR) is 64.1 cm³/mol. The molecule has 0 N–H and O–H groups in total. The molecule has 0 unspecified atom stereocenters. The molecule has 0 fully saturated rings. The van der Waals surface area contributed by atoms with Crippen molar-refractivity contribution in [1.29, 1.82) is 5.26 Å². The highest BCUT2D eigenvalue weighted by molar-refractivity contribution is 7.90. The first-order valence-electron chi connectivity index (χ1n) is 5.03. The average molecular weight is 274 g/mol. The number of anilines is 1. The maximum Gasteiger partial charge on any atom is 0.183 e. The van der Waals surface area contributed by atoms with Crippen molar-refractivity contribution in [3.8, 4) is 6.07 Å². The minimum atomic E-state index is -3.17. The van der Waals surface area contributed by atoms with E-state index in [2.05, 4.69) is 0 Å². The Morgan fingerprint density at radius 1 is 1.33 bits per heavy atom. The smallest absolute Gasteiger partial charge is 0.183 e. The maximum atomic E-state index is 13.6. The van der Waals surface area contributed by atoms with Gasteiger partial charge in [-0.3, -0.25) is 0 Å². The summed E-state index contributed by atoms with van der Waals surface area (Å²) in [5.74, 6) is -2.53. The molecule has 0 bridgehead atoms. The van der Waals surface area contributed by atoms with Crippen LogP contribution in [0.3, 0.4) is 0 Å². The summed E-state index contributed by atoms with van der Waals surface area (Å²) in [7, 11) is -1.72. The van der Waals surface area contributed by atoms with Gasteiger partial charge in [-0.2, -0.15) is 5.26 Å². The number of hydrogen-bond donors (Lipinski definition) is 0. The third kappa shape index (κ3) is 3.40. The third-order valence-corrected chi connectivity index (χ3v) is 3.32. The quantitative estimate of drug-likeness (QED) is 0.830. The first-order chi connectivity index (χ1) is 8.26. The third-order valence-electron chi connectivity index (χ3n) is 2.39. The fourth-order valence-corrected chi connectivity index (χ4v) is 1.95. The van der Waals surface area contributed by atoms with Crippen LogP contribution in [0.15, 0.2) is 12.1 Å². The number of sulfone groups is 1. The second-order valence-electron chi connectivity index (χ2n) is 3.92. The van der Waals surface area contributed by atoms with Gasteiger partial charge in [0.2, 0.25) is 0 Å². The monoisotopic (exact) mass is 274 g/mol. The van der Waals surface area contributed by atoms with Crippen LogP contribution in [0.4, 0.5) is 14.5 Å². The van der Waals surface area contributed by atoms with E-state index in [4.69, 9.17) is 5.26 Å².